The van der Waals surface area contributed by atoms with Crippen molar-refractivity contribution in [3.05, 3.63) is 57.9 Å². The first-order chi connectivity index (χ1) is 12.3. The van der Waals surface area contributed by atoms with Crippen LogP contribution in [0.5, 0.6) is 0 Å². The molecule has 3 heteroatoms. The van der Waals surface area contributed by atoms with Gasteiger partial charge in [-0.25, -0.2) is 0 Å². The molecule has 0 aromatic rings. The molecular weight excluding hydrogens is 324 g/mol. The smallest absolute Gasteiger partial charge is 0.223 e. The van der Waals surface area contributed by atoms with Crippen LogP contribution in [0.3, 0.4) is 0 Å². The van der Waals surface area contributed by atoms with Gasteiger partial charge < -0.3 is 4.74 Å². The maximum atomic E-state index is 12.2. The van der Waals surface area contributed by atoms with Gasteiger partial charge in [-0.1, -0.05) is 34.9 Å². The van der Waals surface area contributed by atoms with Crippen LogP contribution in [-0.2, 0) is 14.3 Å². The van der Waals surface area contributed by atoms with Crippen molar-refractivity contribution in [2.75, 3.05) is 7.11 Å². The summed E-state index contributed by atoms with van der Waals surface area (Å²) in [6.07, 6.45) is 12.6. The van der Waals surface area contributed by atoms with Gasteiger partial charge in [-0.3, -0.25) is 9.59 Å². The highest BCUT2D eigenvalue weighted by Gasteiger charge is 2.25. The molecule has 0 amide bonds. The van der Waals surface area contributed by atoms with Crippen LogP contribution < -0.4 is 0 Å². The van der Waals surface area contributed by atoms with Gasteiger partial charge in [-0.15, -0.1) is 0 Å². The zero-order valence-corrected chi connectivity index (χ0v) is 17.1. The molecule has 1 aliphatic rings. The van der Waals surface area contributed by atoms with Crippen LogP contribution in [0.4, 0.5) is 0 Å². The Bertz CT molecular complexity index is 693. The molecule has 0 saturated heterocycles. The molecule has 1 aliphatic carbocycles. The Morgan fingerprint density at radius 2 is 1.54 bits per heavy atom. The molecule has 0 atom stereocenters. The van der Waals surface area contributed by atoms with Crippen molar-refractivity contribution in [3.63, 3.8) is 0 Å². The molecule has 0 bridgehead atoms. The topological polar surface area (TPSA) is 43.4 Å². The summed E-state index contributed by atoms with van der Waals surface area (Å²) in [6.45, 7) is 10.2. The van der Waals surface area contributed by atoms with E-state index in [1.54, 1.807) is 6.92 Å². The number of hydrogen-bond acceptors (Lipinski definition) is 3. The average Bonchev–Trinajstić information content (AvgIpc) is 2.57. The van der Waals surface area contributed by atoms with Crippen molar-refractivity contribution in [1.82, 2.24) is 0 Å². The first kappa shape index (κ1) is 21.9. The maximum Gasteiger partial charge on any atom is 0.223 e. The molecule has 0 spiro atoms. The average molecular weight is 357 g/mol. The van der Waals surface area contributed by atoms with E-state index in [9.17, 15) is 9.59 Å². The van der Waals surface area contributed by atoms with Gasteiger partial charge in [0.2, 0.25) is 5.78 Å². The molecular formula is C23H32O3. The summed E-state index contributed by atoms with van der Waals surface area (Å²) in [4.78, 5) is 24.3. The second kappa shape index (κ2) is 10.7. The number of carbonyl (C=O) groups excluding carboxylic acids is 2. The van der Waals surface area contributed by atoms with Crippen molar-refractivity contribution < 1.29 is 14.3 Å². The lowest BCUT2D eigenvalue weighted by Crippen LogP contribution is -2.18. The number of methoxy groups -OCH3 is 1. The van der Waals surface area contributed by atoms with Crippen molar-refractivity contribution >= 4 is 11.6 Å². The largest absolute Gasteiger partial charge is 0.493 e. The van der Waals surface area contributed by atoms with Gasteiger partial charge in [0.1, 0.15) is 0 Å². The Morgan fingerprint density at radius 3 is 2.12 bits per heavy atom. The highest BCUT2D eigenvalue weighted by molar-refractivity contribution is 6.21. The van der Waals surface area contributed by atoms with E-state index >= 15 is 0 Å². The first-order valence-electron chi connectivity index (χ1n) is 9.25. The van der Waals surface area contributed by atoms with E-state index in [0.29, 0.717) is 17.6 Å². The molecule has 0 N–H and O–H groups in total. The maximum absolute atomic E-state index is 12.2. The minimum absolute atomic E-state index is 0.127. The molecule has 0 saturated carbocycles. The predicted molar refractivity (Wildman–Crippen MR) is 108 cm³/mol. The van der Waals surface area contributed by atoms with Crippen molar-refractivity contribution in [2.45, 2.75) is 66.7 Å². The number of ketones is 2. The second-order valence-corrected chi connectivity index (χ2v) is 7.17. The molecule has 3 nitrogen and oxygen atoms in total. The lowest BCUT2D eigenvalue weighted by Gasteiger charge is -2.14. The lowest BCUT2D eigenvalue weighted by molar-refractivity contribution is -0.118. The second-order valence-electron chi connectivity index (χ2n) is 7.17. The summed E-state index contributed by atoms with van der Waals surface area (Å²) >= 11 is 0. The number of Topliss-reactive ketones (excluding diaryl/α,β-unsaturated/α-hetero) is 1. The first-order valence-corrected chi connectivity index (χ1v) is 9.25. The van der Waals surface area contributed by atoms with Crippen molar-refractivity contribution in [1.29, 1.82) is 0 Å². The van der Waals surface area contributed by atoms with E-state index in [1.165, 1.54) is 29.9 Å². The Morgan fingerprint density at radius 1 is 0.962 bits per heavy atom. The molecule has 26 heavy (non-hydrogen) atoms. The summed E-state index contributed by atoms with van der Waals surface area (Å²) in [6, 6.07) is 0. The van der Waals surface area contributed by atoms with Gasteiger partial charge in [-0.2, -0.15) is 0 Å². The summed E-state index contributed by atoms with van der Waals surface area (Å²) in [5.41, 5.74) is 5.08. The van der Waals surface area contributed by atoms with Gasteiger partial charge in [0.25, 0.3) is 0 Å². The van der Waals surface area contributed by atoms with Gasteiger partial charge in [0.05, 0.1) is 7.11 Å². The number of hydrogen-bond donors (Lipinski definition) is 0. The van der Waals surface area contributed by atoms with E-state index in [2.05, 4.69) is 45.9 Å². The van der Waals surface area contributed by atoms with Crippen LogP contribution in [0.15, 0.2) is 57.9 Å². The normalized spacial score (nSPS) is 16.0. The molecule has 0 heterocycles. The number of ether oxygens (including phenoxy) is 1. The Balaban J connectivity index is 2.56. The summed E-state index contributed by atoms with van der Waals surface area (Å²) in [7, 11) is 1.41. The minimum atomic E-state index is -0.192. The third-order valence-electron chi connectivity index (χ3n) is 4.57. The number of allylic oxidation sites excluding steroid dienone is 9. The molecule has 0 aliphatic heterocycles. The molecule has 1 rings (SSSR count). The summed E-state index contributed by atoms with van der Waals surface area (Å²) < 4.78 is 4.97. The monoisotopic (exact) mass is 356 g/mol. The molecule has 0 aromatic carbocycles. The van der Waals surface area contributed by atoms with Crippen LogP contribution in [0.1, 0.15) is 66.7 Å². The van der Waals surface area contributed by atoms with Crippen LogP contribution in [0.25, 0.3) is 0 Å². The highest BCUT2D eigenvalue weighted by Crippen LogP contribution is 2.23. The van der Waals surface area contributed by atoms with Crippen molar-refractivity contribution in [2.24, 2.45) is 0 Å². The van der Waals surface area contributed by atoms with E-state index in [0.717, 1.165) is 25.7 Å². The van der Waals surface area contributed by atoms with Gasteiger partial charge >= 0.3 is 0 Å². The van der Waals surface area contributed by atoms with Crippen LogP contribution >= 0.6 is 0 Å². The van der Waals surface area contributed by atoms with Gasteiger partial charge in [0.15, 0.2) is 11.5 Å². The Kier molecular flexibility index (Phi) is 9.04. The van der Waals surface area contributed by atoms with E-state index < -0.39 is 0 Å². The summed E-state index contributed by atoms with van der Waals surface area (Å²) in [5.74, 6) is -0.188. The zero-order valence-electron chi connectivity index (χ0n) is 17.1. The Labute approximate surface area is 158 Å². The quantitative estimate of drug-likeness (QED) is 0.388. The third kappa shape index (κ3) is 6.99. The fraction of sp³-hybridized carbons (Fsp3) is 0.478. The number of rotatable bonds is 9. The fourth-order valence-electron chi connectivity index (χ4n) is 2.80. The number of carbonyl (C=O) groups is 2. The van der Waals surface area contributed by atoms with E-state index in [4.69, 9.17) is 4.74 Å². The van der Waals surface area contributed by atoms with Gasteiger partial charge in [-0.05, 0) is 66.7 Å². The lowest BCUT2D eigenvalue weighted by atomic mass is 9.91. The SMILES string of the molecule is COC1=CC(=O)C(C/C=C(\C)CC/C=C(\C)CCC=C(C)C)=C(C)C1=O. The van der Waals surface area contributed by atoms with E-state index in [-0.39, 0.29) is 17.3 Å². The zero-order chi connectivity index (χ0) is 19.7. The van der Waals surface area contributed by atoms with Crippen LogP contribution in [0, 0.1) is 0 Å². The predicted octanol–water partition coefficient (Wildman–Crippen LogP) is 5.79. The fourth-order valence-corrected chi connectivity index (χ4v) is 2.80. The molecule has 142 valence electrons. The molecule has 0 radical (unpaired) electrons. The molecule has 0 aromatic heterocycles. The van der Waals surface area contributed by atoms with Crippen LogP contribution in [-0.4, -0.2) is 18.7 Å². The van der Waals surface area contributed by atoms with Gasteiger partial charge in [0, 0.05) is 17.2 Å². The Hall–Kier alpha value is -2.16. The van der Waals surface area contributed by atoms with Crippen LogP contribution in [0.2, 0.25) is 0 Å². The standard InChI is InChI=1S/C23H32O3/c1-16(2)9-7-10-17(3)11-8-12-18(4)13-14-20-19(5)23(25)22(26-6)15-21(20)24/h9,11,13,15H,7-8,10,12,14H2,1-6H3/b17-11+,18-13+. The molecule has 0 unspecified atom stereocenters. The molecule has 0 fully saturated rings. The van der Waals surface area contributed by atoms with E-state index in [1.807, 2.05) is 0 Å². The minimum Gasteiger partial charge on any atom is -0.493 e. The third-order valence-corrected chi connectivity index (χ3v) is 4.57. The van der Waals surface area contributed by atoms with Crippen molar-refractivity contribution in [3.8, 4) is 0 Å². The highest BCUT2D eigenvalue weighted by atomic mass is 16.5. The summed E-state index contributed by atoms with van der Waals surface area (Å²) in [5, 5.41) is 0.